The zero-order chi connectivity index (χ0) is 18.1. The van der Waals surface area contributed by atoms with E-state index in [1.54, 1.807) is 6.20 Å². The summed E-state index contributed by atoms with van der Waals surface area (Å²) in [5.41, 5.74) is 1.97. The lowest BCUT2D eigenvalue weighted by Crippen LogP contribution is -2.25. The van der Waals surface area contributed by atoms with Crippen LogP contribution < -0.4 is 9.64 Å². The molecule has 0 saturated heterocycles. The van der Waals surface area contributed by atoms with E-state index in [2.05, 4.69) is 28.7 Å². The highest BCUT2D eigenvalue weighted by atomic mass is 16.5. The summed E-state index contributed by atoms with van der Waals surface area (Å²) in [4.78, 5) is 21.7. The van der Waals surface area contributed by atoms with Crippen molar-refractivity contribution < 1.29 is 9.53 Å². The van der Waals surface area contributed by atoms with E-state index in [0.29, 0.717) is 6.29 Å². The van der Waals surface area contributed by atoms with Crippen LogP contribution in [0.5, 0.6) is 11.5 Å². The van der Waals surface area contributed by atoms with Gasteiger partial charge in [-0.2, -0.15) is 0 Å². The van der Waals surface area contributed by atoms with E-state index < -0.39 is 0 Å². The van der Waals surface area contributed by atoms with Crippen LogP contribution in [0.1, 0.15) is 30.0 Å². The Balaban J connectivity index is 1.63. The summed E-state index contributed by atoms with van der Waals surface area (Å²) in [6.07, 6.45) is 2.44. The number of carbonyl (C=O) groups excluding carboxylic acids is 1. The Hall–Kier alpha value is -3.21. The van der Waals surface area contributed by atoms with Crippen LogP contribution in [0.25, 0.3) is 0 Å². The first-order valence-corrected chi connectivity index (χ1v) is 8.50. The number of para-hydroxylation sites is 1. The minimum absolute atomic E-state index is 0.0873. The first-order valence-electron chi connectivity index (χ1n) is 8.50. The number of carbonyl (C=O) groups is 1. The number of hydrogen-bond donors (Lipinski definition) is 0. The summed E-state index contributed by atoms with van der Waals surface area (Å²) in [6.45, 7) is 5.09. The summed E-state index contributed by atoms with van der Waals surface area (Å²) >= 11 is 0. The predicted octanol–water partition coefficient (Wildman–Crippen LogP) is 4.51. The van der Waals surface area contributed by atoms with Crippen molar-refractivity contribution in [2.45, 2.75) is 19.3 Å². The van der Waals surface area contributed by atoms with Gasteiger partial charge in [-0.1, -0.05) is 32.0 Å². The van der Waals surface area contributed by atoms with Crippen LogP contribution in [0, 0.1) is 0 Å². The van der Waals surface area contributed by atoms with E-state index >= 15 is 0 Å². The van der Waals surface area contributed by atoms with Gasteiger partial charge >= 0.3 is 0 Å². The molecule has 26 heavy (non-hydrogen) atoms. The lowest BCUT2D eigenvalue weighted by atomic mass is 9.89. The van der Waals surface area contributed by atoms with Gasteiger partial charge in [-0.25, -0.2) is 9.97 Å². The maximum absolute atomic E-state index is 11.1. The summed E-state index contributed by atoms with van der Waals surface area (Å²) in [6, 6.07) is 17.6. The van der Waals surface area contributed by atoms with E-state index in [1.165, 1.54) is 0 Å². The Morgan fingerprint density at radius 1 is 1.04 bits per heavy atom. The quantitative estimate of drug-likeness (QED) is 0.651. The molecule has 4 rings (SSSR count). The molecule has 0 aliphatic carbocycles. The number of hydrogen-bond acceptors (Lipinski definition) is 5. The molecule has 0 fully saturated rings. The van der Waals surface area contributed by atoms with Crippen molar-refractivity contribution in [1.29, 1.82) is 0 Å². The van der Waals surface area contributed by atoms with Crippen molar-refractivity contribution in [3.8, 4) is 11.5 Å². The highest BCUT2D eigenvalue weighted by Gasteiger charge is 2.37. The van der Waals surface area contributed by atoms with Crippen LogP contribution in [-0.4, -0.2) is 22.8 Å². The fourth-order valence-electron chi connectivity index (χ4n) is 3.21. The minimum Gasteiger partial charge on any atom is -0.457 e. The zero-order valence-corrected chi connectivity index (χ0v) is 14.7. The van der Waals surface area contributed by atoms with Gasteiger partial charge in [0.1, 0.15) is 17.3 Å². The highest BCUT2D eigenvalue weighted by molar-refractivity contribution is 5.74. The Morgan fingerprint density at radius 3 is 2.42 bits per heavy atom. The molecule has 0 atom stereocenters. The molecule has 130 valence electrons. The second-order valence-corrected chi connectivity index (χ2v) is 6.96. The fraction of sp³-hybridized carbons (Fsp3) is 0.190. The van der Waals surface area contributed by atoms with Gasteiger partial charge in [0.2, 0.25) is 0 Å². The molecule has 0 bridgehead atoms. The Bertz CT molecular complexity index is 937. The first kappa shape index (κ1) is 16.3. The second kappa shape index (κ2) is 6.26. The molecule has 1 aliphatic rings. The molecule has 5 nitrogen and oxygen atoms in total. The van der Waals surface area contributed by atoms with Crippen LogP contribution in [0.15, 0.2) is 60.8 Å². The standard InChI is InChI=1S/C21H19N3O2/c1-21(2)14-24(20-18(21)12-22-19(13-25)23-20)15-8-10-17(11-9-15)26-16-6-4-3-5-7-16/h3-13H,14H2,1-2H3. The average Bonchev–Trinajstić information content (AvgIpc) is 2.94. The SMILES string of the molecule is CC1(C)CN(c2ccc(Oc3ccccc3)cc2)c2nc(C=O)ncc21. The third kappa shape index (κ3) is 2.92. The van der Waals surface area contributed by atoms with Crippen molar-refractivity contribution in [3.63, 3.8) is 0 Å². The van der Waals surface area contributed by atoms with Gasteiger partial charge in [-0.05, 0) is 36.4 Å². The number of benzene rings is 2. The van der Waals surface area contributed by atoms with E-state index in [-0.39, 0.29) is 11.2 Å². The van der Waals surface area contributed by atoms with Gasteiger partial charge in [0.25, 0.3) is 0 Å². The van der Waals surface area contributed by atoms with Gasteiger partial charge in [0.05, 0.1) is 0 Å². The molecule has 0 saturated carbocycles. The molecule has 2 aromatic carbocycles. The summed E-state index contributed by atoms with van der Waals surface area (Å²) in [7, 11) is 0. The topological polar surface area (TPSA) is 55.3 Å². The summed E-state index contributed by atoms with van der Waals surface area (Å²) in [5, 5.41) is 0. The molecular weight excluding hydrogens is 326 g/mol. The fourth-order valence-corrected chi connectivity index (χ4v) is 3.21. The third-order valence-corrected chi connectivity index (χ3v) is 4.56. The van der Waals surface area contributed by atoms with Gasteiger partial charge in [0, 0.05) is 29.4 Å². The highest BCUT2D eigenvalue weighted by Crippen LogP contribution is 2.42. The predicted molar refractivity (Wildman–Crippen MR) is 100 cm³/mol. The molecule has 0 amide bonds. The number of fused-ring (bicyclic) bond motifs is 1. The monoisotopic (exact) mass is 345 g/mol. The molecule has 3 aromatic rings. The lowest BCUT2D eigenvalue weighted by molar-refractivity contribution is 0.111. The van der Waals surface area contributed by atoms with Gasteiger partial charge in [0.15, 0.2) is 12.1 Å². The lowest BCUT2D eigenvalue weighted by Gasteiger charge is -2.22. The number of anilines is 2. The summed E-state index contributed by atoms with van der Waals surface area (Å²) in [5.74, 6) is 2.57. The van der Waals surface area contributed by atoms with Gasteiger partial charge in [-0.3, -0.25) is 4.79 Å². The molecule has 0 N–H and O–H groups in total. The Morgan fingerprint density at radius 2 is 1.73 bits per heavy atom. The average molecular weight is 345 g/mol. The van der Waals surface area contributed by atoms with Crippen molar-refractivity contribution in [1.82, 2.24) is 9.97 Å². The molecule has 0 unspecified atom stereocenters. The molecular formula is C21H19N3O2. The number of rotatable bonds is 4. The molecule has 0 radical (unpaired) electrons. The van der Waals surface area contributed by atoms with Gasteiger partial charge < -0.3 is 9.64 Å². The van der Waals surface area contributed by atoms with Crippen molar-refractivity contribution in [3.05, 3.63) is 72.2 Å². The van der Waals surface area contributed by atoms with Crippen molar-refractivity contribution in [2.75, 3.05) is 11.4 Å². The normalized spacial score (nSPS) is 14.8. The molecule has 5 heteroatoms. The number of ether oxygens (including phenoxy) is 1. The molecule has 1 aliphatic heterocycles. The van der Waals surface area contributed by atoms with Crippen LogP contribution in [0.2, 0.25) is 0 Å². The minimum atomic E-state index is -0.0873. The van der Waals surface area contributed by atoms with Crippen molar-refractivity contribution in [2.24, 2.45) is 0 Å². The summed E-state index contributed by atoms with van der Waals surface area (Å²) < 4.78 is 5.85. The van der Waals surface area contributed by atoms with E-state index in [4.69, 9.17) is 4.74 Å². The Kier molecular flexibility index (Phi) is 3.92. The maximum atomic E-state index is 11.1. The Labute approximate surface area is 152 Å². The van der Waals surface area contributed by atoms with E-state index in [9.17, 15) is 4.79 Å². The zero-order valence-electron chi connectivity index (χ0n) is 14.7. The molecule has 1 aromatic heterocycles. The third-order valence-electron chi connectivity index (χ3n) is 4.56. The molecule has 2 heterocycles. The van der Waals surface area contributed by atoms with Gasteiger partial charge in [-0.15, -0.1) is 0 Å². The van der Waals surface area contributed by atoms with Crippen LogP contribution >= 0.6 is 0 Å². The van der Waals surface area contributed by atoms with Crippen LogP contribution in [0.4, 0.5) is 11.5 Å². The van der Waals surface area contributed by atoms with E-state index in [1.807, 2.05) is 54.6 Å². The van der Waals surface area contributed by atoms with Crippen LogP contribution in [-0.2, 0) is 5.41 Å². The number of aromatic nitrogens is 2. The van der Waals surface area contributed by atoms with Crippen molar-refractivity contribution >= 4 is 17.8 Å². The smallest absolute Gasteiger partial charge is 0.194 e. The second-order valence-electron chi connectivity index (χ2n) is 6.96. The first-order chi connectivity index (χ1) is 12.6. The largest absolute Gasteiger partial charge is 0.457 e. The van der Waals surface area contributed by atoms with Crippen LogP contribution in [0.3, 0.4) is 0 Å². The maximum Gasteiger partial charge on any atom is 0.194 e. The number of aldehydes is 1. The van der Waals surface area contributed by atoms with E-state index in [0.717, 1.165) is 35.1 Å². The number of nitrogens with zero attached hydrogens (tertiary/aromatic N) is 3. The molecule has 0 spiro atoms.